The highest BCUT2D eigenvalue weighted by Gasteiger charge is 2.17. The van der Waals surface area contributed by atoms with Crippen LogP contribution < -0.4 is 9.47 Å². The van der Waals surface area contributed by atoms with Crippen molar-refractivity contribution >= 4 is 0 Å². The Morgan fingerprint density at radius 1 is 1.00 bits per heavy atom. The van der Waals surface area contributed by atoms with E-state index < -0.39 is 6.10 Å². The molecule has 1 atom stereocenters. The highest BCUT2D eigenvalue weighted by molar-refractivity contribution is 5.43. The molecule has 3 rings (SSSR count). The number of methoxy groups -OCH3 is 1. The molecule has 0 radical (unpaired) electrons. The fourth-order valence-electron chi connectivity index (χ4n) is 3.46. The monoisotopic (exact) mass is 380 g/mol. The Balaban J connectivity index is 1.50. The van der Waals surface area contributed by atoms with Crippen LogP contribution in [0.2, 0.25) is 0 Å². The summed E-state index contributed by atoms with van der Waals surface area (Å²) in [5.41, 5.74) is 1.19. The lowest BCUT2D eigenvalue weighted by molar-refractivity contribution is 0.00445. The second kappa shape index (κ2) is 10.8. The van der Waals surface area contributed by atoms with Crippen LogP contribution in [0.5, 0.6) is 11.5 Å². The topological polar surface area (TPSA) is 63.6 Å². The van der Waals surface area contributed by atoms with E-state index in [2.05, 4.69) is 15.9 Å². The number of aliphatic hydroxyl groups is 1. The van der Waals surface area contributed by atoms with Crippen molar-refractivity contribution in [2.24, 2.45) is 0 Å². The van der Waals surface area contributed by atoms with Crippen molar-refractivity contribution in [1.29, 1.82) is 0 Å². The largest absolute Gasteiger partial charge is 0.493 e. The SMILES string of the molecule is COc1cc(CN2CCCOCC2)ccc1OCC(O)CN1CCOCC1. The maximum Gasteiger partial charge on any atom is 0.161 e. The van der Waals surface area contributed by atoms with Crippen molar-refractivity contribution in [2.45, 2.75) is 19.1 Å². The quantitative estimate of drug-likeness (QED) is 0.722. The molecule has 7 nitrogen and oxygen atoms in total. The van der Waals surface area contributed by atoms with Crippen LogP contribution in [0, 0.1) is 0 Å². The molecular weight excluding hydrogens is 348 g/mol. The Kier molecular flexibility index (Phi) is 8.16. The molecule has 2 aliphatic heterocycles. The molecule has 1 aromatic rings. The number of hydrogen-bond donors (Lipinski definition) is 1. The molecule has 2 saturated heterocycles. The third-order valence-electron chi connectivity index (χ3n) is 4.95. The summed E-state index contributed by atoms with van der Waals surface area (Å²) in [6.07, 6.45) is 0.531. The molecule has 0 amide bonds. The molecule has 1 unspecified atom stereocenters. The number of aliphatic hydroxyl groups excluding tert-OH is 1. The van der Waals surface area contributed by atoms with Crippen molar-refractivity contribution in [3.63, 3.8) is 0 Å². The molecular formula is C20H32N2O5. The number of ether oxygens (including phenoxy) is 4. The van der Waals surface area contributed by atoms with Gasteiger partial charge in [-0.2, -0.15) is 0 Å². The van der Waals surface area contributed by atoms with Crippen LogP contribution >= 0.6 is 0 Å². The Labute approximate surface area is 161 Å². The number of β-amino-alcohol motifs (C(OH)–C–C–N with tert-alkyl or cyclic N) is 1. The van der Waals surface area contributed by atoms with Gasteiger partial charge >= 0.3 is 0 Å². The molecule has 7 heteroatoms. The van der Waals surface area contributed by atoms with Gasteiger partial charge in [0.1, 0.15) is 12.7 Å². The number of morpholine rings is 1. The number of hydrogen-bond acceptors (Lipinski definition) is 7. The molecule has 0 aromatic heterocycles. The Morgan fingerprint density at radius 2 is 1.74 bits per heavy atom. The van der Waals surface area contributed by atoms with E-state index >= 15 is 0 Å². The van der Waals surface area contributed by atoms with Crippen LogP contribution in [-0.2, 0) is 16.0 Å². The van der Waals surface area contributed by atoms with Crippen LogP contribution in [0.1, 0.15) is 12.0 Å². The summed E-state index contributed by atoms with van der Waals surface area (Å²) < 4.78 is 22.2. The standard InChI is InChI=1S/C20H32N2O5/c1-24-20-13-17(14-21-5-2-9-25-10-6-21)3-4-19(20)27-16-18(23)15-22-7-11-26-12-8-22/h3-4,13,18,23H,2,5-12,14-16H2,1H3. The minimum absolute atomic E-state index is 0.247. The second-order valence-electron chi connectivity index (χ2n) is 7.11. The molecule has 0 spiro atoms. The fraction of sp³-hybridized carbons (Fsp3) is 0.700. The van der Waals surface area contributed by atoms with Crippen LogP contribution in [0.4, 0.5) is 0 Å². The van der Waals surface area contributed by atoms with E-state index in [1.54, 1.807) is 7.11 Å². The summed E-state index contributed by atoms with van der Waals surface area (Å²) in [6, 6.07) is 6.03. The van der Waals surface area contributed by atoms with Crippen LogP contribution in [0.3, 0.4) is 0 Å². The summed E-state index contributed by atoms with van der Waals surface area (Å²) in [5.74, 6) is 1.37. The van der Waals surface area contributed by atoms with Gasteiger partial charge in [0, 0.05) is 45.9 Å². The van der Waals surface area contributed by atoms with Crippen LogP contribution in [0.15, 0.2) is 18.2 Å². The number of benzene rings is 1. The van der Waals surface area contributed by atoms with Crippen molar-refractivity contribution < 1.29 is 24.1 Å². The molecule has 0 bridgehead atoms. The first-order chi connectivity index (χ1) is 13.2. The van der Waals surface area contributed by atoms with Crippen LogP contribution in [-0.4, -0.2) is 93.9 Å². The van der Waals surface area contributed by atoms with Gasteiger partial charge < -0.3 is 24.1 Å². The number of nitrogens with zero attached hydrogens (tertiary/aromatic N) is 2. The first-order valence-corrected chi connectivity index (χ1v) is 9.82. The van der Waals surface area contributed by atoms with Crippen molar-refractivity contribution in [2.75, 3.05) is 72.9 Å². The maximum absolute atomic E-state index is 10.3. The normalized spacial score (nSPS) is 20.8. The zero-order chi connectivity index (χ0) is 18.9. The van der Waals surface area contributed by atoms with E-state index in [0.717, 1.165) is 65.6 Å². The van der Waals surface area contributed by atoms with Crippen molar-refractivity contribution in [1.82, 2.24) is 9.80 Å². The zero-order valence-electron chi connectivity index (χ0n) is 16.3. The highest BCUT2D eigenvalue weighted by Crippen LogP contribution is 2.29. The first-order valence-electron chi connectivity index (χ1n) is 9.82. The summed E-state index contributed by atoms with van der Waals surface area (Å²) in [6.45, 7) is 8.53. The van der Waals surface area contributed by atoms with E-state index in [1.807, 2.05) is 12.1 Å². The molecule has 2 aliphatic rings. The smallest absolute Gasteiger partial charge is 0.161 e. The Morgan fingerprint density at radius 3 is 2.52 bits per heavy atom. The van der Waals surface area contributed by atoms with E-state index in [9.17, 15) is 5.11 Å². The second-order valence-corrected chi connectivity index (χ2v) is 7.11. The minimum atomic E-state index is -0.537. The summed E-state index contributed by atoms with van der Waals surface area (Å²) in [7, 11) is 1.65. The van der Waals surface area contributed by atoms with Gasteiger partial charge in [-0.05, 0) is 24.1 Å². The third-order valence-corrected chi connectivity index (χ3v) is 4.95. The number of rotatable bonds is 8. The summed E-state index contributed by atoms with van der Waals surface area (Å²) >= 11 is 0. The first kappa shape index (κ1) is 20.4. The van der Waals surface area contributed by atoms with E-state index in [-0.39, 0.29) is 6.61 Å². The zero-order valence-corrected chi connectivity index (χ0v) is 16.3. The van der Waals surface area contributed by atoms with Crippen molar-refractivity contribution in [3.05, 3.63) is 23.8 Å². The van der Waals surface area contributed by atoms with Gasteiger partial charge in [0.15, 0.2) is 11.5 Å². The highest BCUT2D eigenvalue weighted by atomic mass is 16.5. The van der Waals surface area contributed by atoms with Crippen molar-refractivity contribution in [3.8, 4) is 11.5 Å². The molecule has 1 aromatic carbocycles. The molecule has 0 saturated carbocycles. The van der Waals surface area contributed by atoms with E-state index in [0.29, 0.717) is 18.0 Å². The van der Waals surface area contributed by atoms with E-state index in [4.69, 9.17) is 18.9 Å². The van der Waals surface area contributed by atoms with Gasteiger partial charge in [-0.1, -0.05) is 6.07 Å². The predicted molar refractivity (Wildman–Crippen MR) is 102 cm³/mol. The average Bonchev–Trinajstić information content (AvgIpc) is 2.96. The molecule has 1 N–H and O–H groups in total. The molecule has 27 heavy (non-hydrogen) atoms. The van der Waals surface area contributed by atoms with Gasteiger partial charge in [-0.15, -0.1) is 0 Å². The molecule has 2 fully saturated rings. The fourth-order valence-corrected chi connectivity index (χ4v) is 3.46. The van der Waals surface area contributed by atoms with Crippen LogP contribution in [0.25, 0.3) is 0 Å². The predicted octanol–water partition coefficient (Wildman–Crippen LogP) is 0.989. The molecule has 2 heterocycles. The lowest BCUT2D eigenvalue weighted by Gasteiger charge is -2.28. The lowest BCUT2D eigenvalue weighted by Crippen LogP contribution is -2.42. The minimum Gasteiger partial charge on any atom is -0.493 e. The van der Waals surface area contributed by atoms with Gasteiger partial charge in [-0.3, -0.25) is 9.80 Å². The van der Waals surface area contributed by atoms with Gasteiger partial charge in [0.25, 0.3) is 0 Å². The van der Waals surface area contributed by atoms with E-state index in [1.165, 1.54) is 5.56 Å². The van der Waals surface area contributed by atoms with Gasteiger partial charge in [0.2, 0.25) is 0 Å². The Bertz CT molecular complexity index is 557. The lowest BCUT2D eigenvalue weighted by atomic mass is 10.2. The summed E-state index contributed by atoms with van der Waals surface area (Å²) in [4.78, 5) is 4.59. The molecule has 0 aliphatic carbocycles. The molecule has 152 valence electrons. The maximum atomic E-state index is 10.3. The van der Waals surface area contributed by atoms with Gasteiger partial charge in [-0.25, -0.2) is 0 Å². The van der Waals surface area contributed by atoms with Gasteiger partial charge in [0.05, 0.1) is 26.9 Å². The summed E-state index contributed by atoms with van der Waals surface area (Å²) in [5, 5.41) is 10.3. The Hall–Kier alpha value is -1.38. The third kappa shape index (κ3) is 6.62. The average molecular weight is 380 g/mol.